The minimum atomic E-state index is -0.362. The SMILES string of the molecule is COC(=O)CCC(=O)c1ccc2cc[nH]c2c1. The van der Waals surface area contributed by atoms with Gasteiger partial charge in [-0.3, -0.25) is 9.59 Å². The van der Waals surface area contributed by atoms with Crippen molar-refractivity contribution in [1.29, 1.82) is 0 Å². The summed E-state index contributed by atoms with van der Waals surface area (Å²) in [7, 11) is 1.32. The average molecular weight is 231 g/mol. The van der Waals surface area contributed by atoms with Crippen LogP contribution < -0.4 is 0 Å². The molecule has 0 unspecified atom stereocenters. The standard InChI is InChI=1S/C13H13NO3/c1-17-13(16)5-4-12(15)10-3-2-9-6-7-14-11(9)8-10/h2-3,6-8,14H,4-5H2,1H3. The Balaban J connectivity index is 2.10. The minimum Gasteiger partial charge on any atom is -0.469 e. The van der Waals surface area contributed by atoms with E-state index in [1.54, 1.807) is 12.1 Å². The normalized spacial score (nSPS) is 10.4. The molecule has 1 heterocycles. The summed E-state index contributed by atoms with van der Waals surface area (Å²) < 4.78 is 4.50. The number of hydrogen-bond donors (Lipinski definition) is 1. The molecule has 0 fully saturated rings. The van der Waals surface area contributed by atoms with Crippen LogP contribution in [0, 0.1) is 0 Å². The van der Waals surface area contributed by atoms with Gasteiger partial charge in [-0.05, 0) is 17.5 Å². The Morgan fingerprint density at radius 1 is 1.24 bits per heavy atom. The minimum absolute atomic E-state index is 0.0492. The number of hydrogen-bond acceptors (Lipinski definition) is 3. The van der Waals surface area contributed by atoms with Crippen molar-refractivity contribution < 1.29 is 14.3 Å². The smallest absolute Gasteiger partial charge is 0.305 e. The number of aromatic amines is 1. The van der Waals surface area contributed by atoms with Gasteiger partial charge in [0, 0.05) is 23.7 Å². The largest absolute Gasteiger partial charge is 0.469 e. The molecule has 2 aromatic rings. The van der Waals surface area contributed by atoms with Crippen LogP contribution in [0.3, 0.4) is 0 Å². The van der Waals surface area contributed by atoms with Crippen molar-refractivity contribution >= 4 is 22.7 Å². The lowest BCUT2D eigenvalue weighted by atomic mass is 10.1. The number of carbonyl (C=O) groups excluding carboxylic acids is 2. The number of methoxy groups -OCH3 is 1. The molecule has 1 N–H and O–H groups in total. The van der Waals surface area contributed by atoms with Crippen LogP contribution >= 0.6 is 0 Å². The second-order valence-electron chi connectivity index (χ2n) is 3.78. The molecule has 1 aromatic carbocycles. The van der Waals surface area contributed by atoms with Gasteiger partial charge in [0.15, 0.2) is 5.78 Å². The van der Waals surface area contributed by atoms with Crippen LogP contribution in [0.2, 0.25) is 0 Å². The van der Waals surface area contributed by atoms with E-state index < -0.39 is 0 Å². The highest BCUT2D eigenvalue weighted by molar-refractivity contribution is 6.00. The molecule has 0 bridgehead atoms. The van der Waals surface area contributed by atoms with Crippen LogP contribution in [0.25, 0.3) is 10.9 Å². The fraction of sp³-hybridized carbons (Fsp3) is 0.231. The average Bonchev–Trinajstić information content (AvgIpc) is 2.82. The zero-order valence-corrected chi connectivity index (χ0v) is 9.53. The van der Waals surface area contributed by atoms with E-state index in [4.69, 9.17) is 0 Å². The van der Waals surface area contributed by atoms with Gasteiger partial charge < -0.3 is 9.72 Å². The molecule has 0 atom stereocenters. The molecular formula is C13H13NO3. The Hall–Kier alpha value is -2.10. The highest BCUT2D eigenvalue weighted by atomic mass is 16.5. The molecule has 4 heteroatoms. The van der Waals surface area contributed by atoms with Crippen molar-refractivity contribution in [2.75, 3.05) is 7.11 Å². The van der Waals surface area contributed by atoms with Gasteiger partial charge in [-0.1, -0.05) is 12.1 Å². The molecule has 0 aliphatic rings. The maximum absolute atomic E-state index is 11.8. The number of esters is 1. The van der Waals surface area contributed by atoms with Crippen LogP contribution in [0.5, 0.6) is 0 Å². The third kappa shape index (κ3) is 2.53. The predicted octanol–water partition coefficient (Wildman–Crippen LogP) is 2.30. The molecule has 0 saturated carbocycles. The van der Waals surface area contributed by atoms with Crippen molar-refractivity contribution in [3.8, 4) is 0 Å². The summed E-state index contributed by atoms with van der Waals surface area (Å²) in [5.41, 5.74) is 1.54. The van der Waals surface area contributed by atoms with E-state index in [9.17, 15) is 9.59 Å². The van der Waals surface area contributed by atoms with Crippen molar-refractivity contribution in [2.45, 2.75) is 12.8 Å². The molecule has 0 spiro atoms. The summed E-state index contributed by atoms with van der Waals surface area (Å²) in [6.45, 7) is 0. The van der Waals surface area contributed by atoms with Crippen molar-refractivity contribution in [3.63, 3.8) is 0 Å². The van der Waals surface area contributed by atoms with E-state index in [0.717, 1.165) is 10.9 Å². The van der Waals surface area contributed by atoms with Crippen molar-refractivity contribution in [3.05, 3.63) is 36.0 Å². The predicted molar refractivity (Wildman–Crippen MR) is 63.9 cm³/mol. The molecule has 0 amide bonds. The first-order valence-electron chi connectivity index (χ1n) is 5.38. The van der Waals surface area contributed by atoms with Gasteiger partial charge in [0.05, 0.1) is 13.5 Å². The first-order valence-corrected chi connectivity index (χ1v) is 5.38. The number of nitrogens with one attached hydrogen (secondary N) is 1. The van der Waals surface area contributed by atoms with Crippen LogP contribution in [-0.2, 0) is 9.53 Å². The van der Waals surface area contributed by atoms with E-state index in [-0.39, 0.29) is 24.6 Å². The number of aromatic nitrogens is 1. The fourth-order valence-corrected chi connectivity index (χ4v) is 1.68. The third-order valence-corrected chi connectivity index (χ3v) is 2.66. The van der Waals surface area contributed by atoms with Crippen LogP contribution in [0.4, 0.5) is 0 Å². The molecule has 2 rings (SSSR count). The zero-order chi connectivity index (χ0) is 12.3. The Labute approximate surface area is 98.6 Å². The van der Waals surface area contributed by atoms with Crippen LogP contribution in [0.15, 0.2) is 30.5 Å². The highest BCUT2D eigenvalue weighted by Crippen LogP contribution is 2.15. The number of ketones is 1. The van der Waals surface area contributed by atoms with Gasteiger partial charge >= 0.3 is 5.97 Å². The second kappa shape index (κ2) is 4.82. The summed E-state index contributed by atoms with van der Waals surface area (Å²) in [4.78, 5) is 25.8. The molecule has 4 nitrogen and oxygen atoms in total. The summed E-state index contributed by atoms with van der Waals surface area (Å²) in [6.07, 6.45) is 2.13. The Morgan fingerprint density at radius 3 is 2.82 bits per heavy atom. The van der Waals surface area contributed by atoms with E-state index in [0.29, 0.717) is 5.56 Å². The molecular weight excluding hydrogens is 218 g/mol. The molecule has 0 radical (unpaired) electrons. The van der Waals surface area contributed by atoms with E-state index in [1.807, 2.05) is 18.3 Å². The Kier molecular flexibility index (Phi) is 3.23. The number of fused-ring (bicyclic) bond motifs is 1. The maximum Gasteiger partial charge on any atom is 0.305 e. The van der Waals surface area contributed by atoms with E-state index in [2.05, 4.69) is 9.72 Å². The van der Waals surface area contributed by atoms with Gasteiger partial charge in [-0.15, -0.1) is 0 Å². The molecule has 0 aliphatic carbocycles. The quantitative estimate of drug-likeness (QED) is 0.648. The lowest BCUT2D eigenvalue weighted by molar-refractivity contribution is -0.140. The van der Waals surface area contributed by atoms with Gasteiger partial charge in [0.1, 0.15) is 0 Å². The van der Waals surface area contributed by atoms with E-state index in [1.165, 1.54) is 7.11 Å². The molecule has 1 aromatic heterocycles. The summed E-state index contributed by atoms with van der Waals surface area (Å²) >= 11 is 0. The first kappa shape index (κ1) is 11.4. The van der Waals surface area contributed by atoms with Gasteiger partial charge in [0.25, 0.3) is 0 Å². The van der Waals surface area contributed by atoms with Gasteiger partial charge in [-0.25, -0.2) is 0 Å². The zero-order valence-electron chi connectivity index (χ0n) is 9.53. The second-order valence-corrected chi connectivity index (χ2v) is 3.78. The van der Waals surface area contributed by atoms with Crippen LogP contribution in [0.1, 0.15) is 23.2 Å². The number of carbonyl (C=O) groups is 2. The molecule has 0 aliphatic heterocycles. The van der Waals surface area contributed by atoms with Gasteiger partial charge in [0.2, 0.25) is 0 Å². The first-order chi connectivity index (χ1) is 8.20. The number of H-pyrrole nitrogens is 1. The van der Waals surface area contributed by atoms with Crippen LogP contribution in [-0.4, -0.2) is 23.8 Å². The number of ether oxygens (including phenoxy) is 1. The lowest BCUT2D eigenvalue weighted by Gasteiger charge is -2.01. The Morgan fingerprint density at radius 2 is 2.06 bits per heavy atom. The van der Waals surface area contributed by atoms with Crippen molar-refractivity contribution in [1.82, 2.24) is 4.98 Å². The summed E-state index contributed by atoms with van der Waals surface area (Å²) in [6, 6.07) is 7.40. The van der Waals surface area contributed by atoms with E-state index >= 15 is 0 Å². The number of rotatable bonds is 4. The monoisotopic (exact) mass is 231 g/mol. The number of benzene rings is 1. The maximum atomic E-state index is 11.8. The molecule has 88 valence electrons. The topological polar surface area (TPSA) is 59.2 Å². The molecule has 0 saturated heterocycles. The Bertz CT molecular complexity index is 557. The lowest BCUT2D eigenvalue weighted by Crippen LogP contribution is -2.05. The highest BCUT2D eigenvalue weighted by Gasteiger charge is 2.10. The third-order valence-electron chi connectivity index (χ3n) is 2.66. The molecule has 17 heavy (non-hydrogen) atoms. The summed E-state index contributed by atoms with van der Waals surface area (Å²) in [5, 5.41) is 1.06. The fourth-order valence-electron chi connectivity index (χ4n) is 1.68. The number of Topliss-reactive ketones (excluding diaryl/α,β-unsaturated/α-hetero) is 1. The van der Waals surface area contributed by atoms with Crippen molar-refractivity contribution in [2.24, 2.45) is 0 Å². The van der Waals surface area contributed by atoms with Gasteiger partial charge in [-0.2, -0.15) is 0 Å². The summed E-state index contributed by atoms with van der Waals surface area (Å²) in [5.74, 6) is -0.411.